The second kappa shape index (κ2) is 8.35. The number of hydrogen-bond acceptors (Lipinski definition) is 4. The van der Waals surface area contributed by atoms with E-state index >= 15 is 0 Å². The van der Waals surface area contributed by atoms with Crippen LogP contribution in [-0.4, -0.2) is 33.5 Å². The van der Waals surface area contributed by atoms with Crippen molar-refractivity contribution in [2.24, 2.45) is 22.7 Å². The molecule has 2 aliphatic heterocycles. The van der Waals surface area contributed by atoms with Gasteiger partial charge in [0.15, 0.2) is 12.0 Å². The summed E-state index contributed by atoms with van der Waals surface area (Å²) in [5, 5.41) is 0. The first-order valence-corrected chi connectivity index (χ1v) is 12.7. The zero-order valence-corrected chi connectivity index (χ0v) is 19.4. The van der Waals surface area contributed by atoms with Crippen molar-refractivity contribution in [2.45, 2.75) is 76.3 Å². The predicted octanol–water partition coefficient (Wildman–Crippen LogP) is 5.33. The van der Waals surface area contributed by atoms with Gasteiger partial charge in [0.05, 0.1) is 5.71 Å². The zero-order valence-electron chi connectivity index (χ0n) is 19.4. The molecule has 5 atom stereocenters. The lowest BCUT2D eigenvalue weighted by molar-refractivity contribution is -0.155. The van der Waals surface area contributed by atoms with Gasteiger partial charge in [0.25, 0.3) is 0 Å². The maximum absolute atomic E-state index is 13.9. The van der Waals surface area contributed by atoms with Gasteiger partial charge in [0.1, 0.15) is 0 Å². The van der Waals surface area contributed by atoms with Crippen molar-refractivity contribution in [1.29, 1.82) is 0 Å². The summed E-state index contributed by atoms with van der Waals surface area (Å²) in [4.78, 5) is 25.4. The van der Waals surface area contributed by atoms with Gasteiger partial charge in [-0.1, -0.05) is 56.5 Å². The molecule has 172 valence electrons. The molecule has 1 aromatic carbocycles. The van der Waals surface area contributed by atoms with Gasteiger partial charge in [-0.05, 0) is 54.4 Å². The molecule has 2 aromatic rings. The number of carbonyl (C=O) groups excluding carboxylic acids is 1. The van der Waals surface area contributed by atoms with E-state index < -0.39 is 5.72 Å². The average Bonchev–Trinajstić information content (AvgIpc) is 3.32. The van der Waals surface area contributed by atoms with Crippen LogP contribution in [0.3, 0.4) is 0 Å². The Labute approximate surface area is 196 Å². The zero-order chi connectivity index (χ0) is 22.4. The summed E-state index contributed by atoms with van der Waals surface area (Å²) in [6.07, 6.45) is 11.3. The van der Waals surface area contributed by atoms with E-state index in [0.717, 1.165) is 24.1 Å². The molecule has 0 radical (unpaired) electrons. The van der Waals surface area contributed by atoms with Crippen LogP contribution in [0.4, 0.5) is 0 Å². The van der Waals surface area contributed by atoms with Crippen LogP contribution in [0.2, 0.25) is 0 Å². The van der Waals surface area contributed by atoms with Crippen molar-refractivity contribution >= 4 is 11.6 Å². The van der Waals surface area contributed by atoms with Crippen molar-refractivity contribution < 1.29 is 9.53 Å². The molecule has 0 unspecified atom stereocenters. The number of amides is 1. The summed E-state index contributed by atoms with van der Waals surface area (Å²) in [5.74, 6) is 1.17. The highest BCUT2D eigenvalue weighted by atomic mass is 16.6. The molecule has 3 fully saturated rings. The van der Waals surface area contributed by atoms with Crippen LogP contribution in [-0.2, 0) is 16.1 Å². The first kappa shape index (κ1) is 21.0. The van der Waals surface area contributed by atoms with E-state index in [1.54, 1.807) is 12.4 Å². The molecule has 0 N–H and O–H groups in total. The largest absolute Gasteiger partial charge is 0.325 e. The van der Waals surface area contributed by atoms with Crippen LogP contribution < -0.4 is 0 Å². The average molecular weight is 444 g/mol. The second-order valence-corrected chi connectivity index (χ2v) is 10.4. The number of likely N-dealkylation sites (tertiary alicyclic amines) is 1. The predicted molar refractivity (Wildman–Crippen MR) is 127 cm³/mol. The summed E-state index contributed by atoms with van der Waals surface area (Å²) >= 11 is 0. The molecule has 1 aromatic heterocycles. The Balaban J connectivity index is 1.40. The van der Waals surface area contributed by atoms with Gasteiger partial charge in [-0.15, -0.1) is 0 Å². The van der Waals surface area contributed by atoms with Crippen molar-refractivity contribution in [1.82, 2.24) is 9.88 Å². The van der Waals surface area contributed by atoms with E-state index in [9.17, 15) is 4.79 Å². The fourth-order valence-corrected chi connectivity index (χ4v) is 6.72. The number of pyridine rings is 1. The first-order valence-electron chi connectivity index (χ1n) is 12.7. The molecule has 6 rings (SSSR count). The Kier molecular flexibility index (Phi) is 5.33. The fourth-order valence-electron chi connectivity index (χ4n) is 6.72. The monoisotopic (exact) mass is 443 g/mol. The minimum atomic E-state index is -0.690. The Morgan fingerprint density at radius 1 is 1.03 bits per heavy atom. The van der Waals surface area contributed by atoms with Crippen molar-refractivity contribution in [3.05, 3.63) is 66.0 Å². The van der Waals surface area contributed by atoms with E-state index in [1.807, 2.05) is 17.0 Å². The highest BCUT2D eigenvalue weighted by Crippen LogP contribution is 2.53. The van der Waals surface area contributed by atoms with Gasteiger partial charge in [-0.25, -0.2) is 0 Å². The summed E-state index contributed by atoms with van der Waals surface area (Å²) in [6.45, 7) is 2.81. The minimum Gasteiger partial charge on any atom is -0.325 e. The quantitative estimate of drug-likeness (QED) is 0.642. The molecular formula is C28H33N3O2. The summed E-state index contributed by atoms with van der Waals surface area (Å²) < 4.78 is 6.94. The number of nitrogens with zero attached hydrogens (tertiary/aromatic N) is 3. The van der Waals surface area contributed by atoms with Crippen LogP contribution in [0.5, 0.6) is 0 Å². The first-order chi connectivity index (χ1) is 16.2. The van der Waals surface area contributed by atoms with Gasteiger partial charge < -0.3 is 9.64 Å². The molecule has 1 amide bonds. The smallest absolute Gasteiger partial charge is 0.229 e. The molecule has 3 heterocycles. The lowest BCUT2D eigenvalue weighted by Crippen LogP contribution is -2.52. The highest BCUT2D eigenvalue weighted by Gasteiger charge is 2.62. The molecule has 1 saturated heterocycles. The normalized spacial score (nSPS) is 34.2. The lowest BCUT2D eigenvalue weighted by Gasteiger charge is -2.38. The molecule has 4 aliphatic rings. The Morgan fingerprint density at radius 2 is 1.79 bits per heavy atom. The fraction of sp³-hybridized carbons (Fsp3) is 0.536. The van der Waals surface area contributed by atoms with E-state index in [2.05, 4.69) is 42.2 Å². The number of aromatic nitrogens is 1. The van der Waals surface area contributed by atoms with Crippen LogP contribution in [0.1, 0.15) is 68.9 Å². The maximum atomic E-state index is 13.9. The van der Waals surface area contributed by atoms with Gasteiger partial charge in [-0.3, -0.25) is 14.8 Å². The Hall–Kier alpha value is -2.53. The van der Waals surface area contributed by atoms with E-state index in [-0.39, 0.29) is 29.9 Å². The topological polar surface area (TPSA) is 54.8 Å². The molecule has 2 saturated carbocycles. The second-order valence-electron chi connectivity index (χ2n) is 10.4. The molecule has 2 bridgehead atoms. The number of carbonyl (C=O) groups is 1. The molecule has 5 heteroatoms. The van der Waals surface area contributed by atoms with Crippen molar-refractivity contribution in [3.63, 3.8) is 0 Å². The van der Waals surface area contributed by atoms with Crippen molar-refractivity contribution in [3.8, 4) is 0 Å². The Morgan fingerprint density at radius 3 is 2.55 bits per heavy atom. The summed E-state index contributed by atoms with van der Waals surface area (Å²) in [5.41, 5.74) is 2.81. The van der Waals surface area contributed by atoms with Gasteiger partial charge in [0.2, 0.25) is 5.91 Å². The number of hydrogen-bond donors (Lipinski definition) is 0. The molecular weight excluding hydrogens is 410 g/mol. The van der Waals surface area contributed by atoms with Crippen LogP contribution in [0, 0.1) is 17.8 Å². The van der Waals surface area contributed by atoms with E-state index in [0.29, 0.717) is 12.5 Å². The molecule has 1 spiro atoms. The van der Waals surface area contributed by atoms with E-state index in [1.165, 1.54) is 37.7 Å². The van der Waals surface area contributed by atoms with Crippen LogP contribution in [0.25, 0.3) is 0 Å². The molecule has 33 heavy (non-hydrogen) atoms. The van der Waals surface area contributed by atoms with Gasteiger partial charge in [-0.2, -0.15) is 0 Å². The maximum Gasteiger partial charge on any atom is 0.229 e. The number of aliphatic imine (C=N–C) groups is 1. The number of fused-ring (bicyclic) bond motifs is 1. The van der Waals surface area contributed by atoms with Crippen LogP contribution in [0.15, 0.2) is 59.9 Å². The Bertz CT molecular complexity index is 1030. The molecule has 2 aliphatic carbocycles. The number of benzene rings is 1. The lowest BCUT2D eigenvalue weighted by atomic mass is 9.77. The number of ether oxygens (including phenoxy) is 1. The van der Waals surface area contributed by atoms with Gasteiger partial charge >= 0.3 is 0 Å². The van der Waals surface area contributed by atoms with Crippen molar-refractivity contribution in [2.75, 3.05) is 0 Å². The highest BCUT2D eigenvalue weighted by molar-refractivity contribution is 6.01. The van der Waals surface area contributed by atoms with Gasteiger partial charge in [0, 0.05) is 37.2 Å². The minimum absolute atomic E-state index is 0.0464. The third kappa shape index (κ3) is 3.52. The number of rotatable bonds is 4. The summed E-state index contributed by atoms with van der Waals surface area (Å²) in [6, 6.07) is 14.7. The SMILES string of the molecule is C[C@H]1[C@@H]2C[C@@]3(O[C@H](C4CCCCC4)N=C3C[C@@H]1c1ccccc1)N(Cc1ccncc1)C2=O. The standard InChI is InChI=1S/C28H33N3O2/c1-19-23(21-8-4-2-5-9-21)16-25-28(33-26(30-25)22-10-6-3-7-11-22)17-24(19)27(32)31(28)18-20-12-14-29-15-13-20/h2,4-5,8-9,12-15,19,22-24,26H,3,6-7,10-11,16-18H2,1H3/t19-,23+,24+,26-,28+/m1/s1. The third-order valence-electron chi connectivity index (χ3n) is 8.62. The molecule has 5 nitrogen and oxygen atoms in total. The third-order valence-corrected chi connectivity index (χ3v) is 8.62. The van der Waals surface area contributed by atoms with Crippen LogP contribution >= 0.6 is 0 Å². The van der Waals surface area contributed by atoms with E-state index in [4.69, 9.17) is 9.73 Å². The summed E-state index contributed by atoms with van der Waals surface area (Å²) in [7, 11) is 0.